The first kappa shape index (κ1) is 14.7. The highest BCUT2D eigenvalue weighted by Gasteiger charge is 2.34. The van der Waals surface area contributed by atoms with Crippen molar-refractivity contribution in [3.8, 4) is 0 Å². The van der Waals surface area contributed by atoms with E-state index in [1.165, 1.54) is 0 Å². The summed E-state index contributed by atoms with van der Waals surface area (Å²) in [5.41, 5.74) is 2.15. The molecule has 4 nitrogen and oxygen atoms in total. The summed E-state index contributed by atoms with van der Waals surface area (Å²) in [6, 6.07) is 6.23. The van der Waals surface area contributed by atoms with Gasteiger partial charge in [0.25, 0.3) is 0 Å². The number of amides is 1. The number of rotatable bonds is 3. The Bertz CT molecular complexity index is 543. The lowest BCUT2D eigenvalue weighted by Gasteiger charge is -2.34. The van der Waals surface area contributed by atoms with Crippen molar-refractivity contribution in [1.29, 1.82) is 0 Å². The van der Waals surface area contributed by atoms with Crippen LogP contribution in [0.3, 0.4) is 0 Å². The van der Waals surface area contributed by atoms with Crippen LogP contribution in [0.5, 0.6) is 0 Å². The van der Waals surface area contributed by atoms with E-state index in [2.05, 4.69) is 4.90 Å². The summed E-state index contributed by atoms with van der Waals surface area (Å²) >= 11 is 6.13. The molecule has 1 atom stereocenters. The van der Waals surface area contributed by atoms with Crippen LogP contribution >= 0.6 is 11.6 Å². The Morgan fingerprint density at radius 2 is 2.19 bits per heavy atom. The van der Waals surface area contributed by atoms with Crippen LogP contribution < -0.4 is 4.90 Å². The molecule has 1 N–H and O–H groups in total. The summed E-state index contributed by atoms with van der Waals surface area (Å²) in [4.78, 5) is 16.5. The number of nitrogens with zero attached hydrogens (tertiary/aromatic N) is 2. The summed E-state index contributed by atoms with van der Waals surface area (Å²) in [5.74, 6) is 0.207. The smallest absolute Gasteiger partial charge is 0.224 e. The minimum absolute atomic E-state index is 0.207. The van der Waals surface area contributed by atoms with Crippen molar-refractivity contribution in [2.45, 2.75) is 44.9 Å². The molecule has 1 aromatic carbocycles. The van der Waals surface area contributed by atoms with Crippen LogP contribution in [-0.2, 0) is 11.3 Å². The summed E-state index contributed by atoms with van der Waals surface area (Å²) < 4.78 is 0. The molecule has 0 spiro atoms. The number of β-amino-alcohol motifs (C(OH)–C–C–N with tert-alkyl or cyclic N) is 1. The molecule has 1 amide bonds. The van der Waals surface area contributed by atoms with E-state index in [4.69, 9.17) is 11.6 Å². The first-order valence-corrected chi connectivity index (χ1v) is 7.93. The molecule has 1 unspecified atom stereocenters. The average molecular weight is 309 g/mol. The van der Waals surface area contributed by atoms with Crippen molar-refractivity contribution in [2.75, 3.05) is 18.0 Å². The van der Waals surface area contributed by atoms with Gasteiger partial charge in [-0.1, -0.05) is 11.6 Å². The summed E-state index contributed by atoms with van der Waals surface area (Å²) in [6.07, 6.45) is 2.30. The lowest BCUT2D eigenvalue weighted by atomic mass is 10.1. The molecule has 114 valence electrons. The van der Waals surface area contributed by atoms with Gasteiger partial charge in [0.1, 0.15) is 0 Å². The van der Waals surface area contributed by atoms with E-state index >= 15 is 0 Å². The third-order valence-corrected chi connectivity index (χ3v) is 4.35. The molecule has 5 heteroatoms. The van der Waals surface area contributed by atoms with Gasteiger partial charge in [0.2, 0.25) is 5.91 Å². The van der Waals surface area contributed by atoms with Gasteiger partial charge in [-0.25, -0.2) is 0 Å². The van der Waals surface area contributed by atoms with Crippen LogP contribution in [-0.4, -0.2) is 41.1 Å². The van der Waals surface area contributed by atoms with Crippen LogP contribution in [0, 0.1) is 0 Å². The quantitative estimate of drug-likeness (QED) is 0.932. The first-order chi connectivity index (χ1) is 10.0. The first-order valence-electron chi connectivity index (χ1n) is 7.55. The van der Waals surface area contributed by atoms with E-state index in [1.807, 2.05) is 23.1 Å². The minimum atomic E-state index is -0.428. The summed E-state index contributed by atoms with van der Waals surface area (Å²) in [6.45, 7) is 3.56. The number of aliphatic hydroxyl groups is 1. The second-order valence-corrected chi connectivity index (χ2v) is 6.51. The Labute approximate surface area is 130 Å². The van der Waals surface area contributed by atoms with Gasteiger partial charge in [0, 0.05) is 42.8 Å². The SMILES string of the molecule is CC(O)CN1CCC(=O)N(C2CC2)Cc2cc(Cl)ccc21. The molecule has 1 fully saturated rings. The normalized spacial score (nSPS) is 20.8. The zero-order valence-electron chi connectivity index (χ0n) is 12.3. The van der Waals surface area contributed by atoms with Crippen molar-refractivity contribution in [1.82, 2.24) is 4.90 Å². The number of hydrogen-bond acceptors (Lipinski definition) is 3. The van der Waals surface area contributed by atoms with Gasteiger partial charge in [-0.05, 0) is 43.5 Å². The van der Waals surface area contributed by atoms with Crippen LogP contribution in [0.4, 0.5) is 5.69 Å². The van der Waals surface area contributed by atoms with Gasteiger partial charge in [0.05, 0.1) is 6.10 Å². The number of fused-ring (bicyclic) bond motifs is 1. The Morgan fingerprint density at radius 1 is 1.43 bits per heavy atom. The van der Waals surface area contributed by atoms with Gasteiger partial charge >= 0.3 is 0 Å². The van der Waals surface area contributed by atoms with Crippen molar-refractivity contribution in [3.63, 3.8) is 0 Å². The number of aliphatic hydroxyl groups excluding tert-OH is 1. The van der Waals surface area contributed by atoms with Gasteiger partial charge in [0.15, 0.2) is 0 Å². The minimum Gasteiger partial charge on any atom is -0.392 e. The van der Waals surface area contributed by atoms with Crippen LogP contribution in [0.2, 0.25) is 5.02 Å². The number of carbonyl (C=O) groups is 1. The Balaban J connectivity index is 1.94. The van der Waals surface area contributed by atoms with E-state index in [-0.39, 0.29) is 5.91 Å². The van der Waals surface area contributed by atoms with Gasteiger partial charge in [-0.2, -0.15) is 0 Å². The zero-order valence-corrected chi connectivity index (χ0v) is 13.0. The fourth-order valence-corrected chi connectivity index (χ4v) is 3.18. The maximum Gasteiger partial charge on any atom is 0.224 e. The van der Waals surface area contributed by atoms with Crippen molar-refractivity contribution in [2.24, 2.45) is 0 Å². The van der Waals surface area contributed by atoms with Gasteiger partial charge in [-0.15, -0.1) is 0 Å². The average Bonchev–Trinajstić information content (AvgIpc) is 3.23. The lowest BCUT2D eigenvalue weighted by Crippen LogP contribution is -2.41. The maximum absolute atomic E-state index is 12.4. The Morgan fingerprint density at radius 3 is 2.86 bits per heavy atom. The highest BCUT2D eigenvalue weighted by Crippen LogP contribution is 2.34. The van der Waals surface area contributed by atoms with Crippen LogP contribution in [0.15, 0.2) is 18.2 Å². The van der Waals surface area contributed by atoms with Crippen molar-refractivity contribution in [3.05, 3.63) is 28.8 Å². The molecule has 1 aliphatic carbocycles. The highest BCUT2D eigenvalue weighted by atomic mass is 35.5. The monoisotopic (exact) mass is 308 g/mol. The van der Waals surface area contributed by atoms with E-state index in [0.717, 1.165) is 24.1 Å². The number of benzene rings is 1. The molecule has 0 aromatic heterocycles. The topological polar surface area (TPSA) is 43.8 Å². The third-order valence-electron chi connectivity index (χ3n) is 4.11. The Kier molecular flexibility index (Phi) is 4.09. The summed E-state index contributed by atoms with van der Waals surface area (Å²) in [5, 5.41) is 10.4. The van der Waals surface area contributed by atoms with E-state index in [0.29, 0.717) is 37.1 Å². The fourth-order valence-electron chi connectivity index (χ4n) is 2.98. The molecule has 21 heavy (non-hydrogen) atoms. The standard InChI is InChI=1S/C16H21ClN2O2/c1-11(20)9-18-7-6-16(21)19(14-3-4-14)10-12-8-13(17)2-5-15(12)18/h2,5,8,11,14,20H,3-4,6-7,9-10H2,1H3. The number of hydrogen-bond donors (Lipinski definition) is 1. The predicted octanol–water partition coefficient (Wildman–Crippen LogP) is 2.42. The van der Waals surface area contributed by atoms with E-state index in [1.54, 1.807) is 6.92 Å². The van der Waals surface area contributed by atoms with E-state index in [9.17, 15) is 9.90 Å². The van der Waals surface area contributed by atoms with Crippen LogP contribution in [0.25, 0.3) is 0 Å². The molecule has 1 aromatic rings. The molecule has 1 aliphatic heterocycles. The molecular formula is C16H21ClN2O2. The lowest BCUT2D eigenvalue weighted by molar-refractivity contribution is -0.132. The predicted molar refractivity (Wildman–Crippen MR) is 83.5 cm³/mol. The molecule has 0 bridgehead atoms. The molecule has 3 rings (SSSR count). The zero-order chi connectivity index (χ0) is 15.0. The fraction of sp³-hybridized carbons (Fsp3) is 0.562. The second-order valence-electron chi connectivity index (χ2n) is 6.07. The van der Waals surface area contributed by atoms with Crippen LogP contribution in [0.1, 0.15) is 31.7 Å². The van der Waals surface area contributed by atoms with Crippen molar-refractivity contribution < 1.29 is 9.90 Å². The number of anilines is 1. The maximum atomic E-state index is 12.4. The second kappa shape index (κ2) is 5.85. The third kappa shape index (κ3) is 3.33. The largest absolute Gasteiger partial charge is 0.392 e. The van der Waals surface area contributed by atoms with E-state index < -0.39 is 6.10 Å². The molecule has 0 saturated heterocycles. The van der Waals surface area contributed by atoms with Gasteiger partial charge < -0.3 is 14.9 Å². The summed E-state index contributed by atoms with van der Waals surface area (Å²) in [7, 11) is 0. The molecular weight excluding hydrogens is 288 g/mol. The highest BCUT2D eigenvalue weighted by molar-refractivity contribution is 6.30. The van der Waals surface area contributed by atoms with Gasteiger partial charge in [-0.3, -0.25) is 4.79 Å². The molecule has 0 radical (unpaired) electrons. The molecule has 1 heterocycles. The molecule has 2 aliphatic rings. The number of carbonyl (C=O) groups excluding carboxylic acids is 1. The molecule has 1 saturated carbocycles. The number of halogens is 1. The van der Waals surface area contributed by atoms with Crippen molar-refractivity contribution >= 4 is 23.2 Å². The Hall–Kier alpha value is -1.26.